The summed E-state index contributed by atoms with van der Waals surface area (Å²) in [6.45, 7) is 6.91. The number of nitrogen functional groups attached to an aromatic ring is 1. The van der Waals surface area contributed by atoms with Gasteiger partial charge in [-0.15, -0.1) is 0 Å². The molecular formula is C15H17N4. The van der Waals surface area contributed by atoms with Crippen LogP contribution in [0.2, 0.25) is 0 Å². The molecule has 4 heteroatoms. The molecule has 0 bridgehead atoms. The van der Waals surface area contributed by atoms with Crippen molar-refractivity contribution < 1.29 is 0 Å². The molecule has 0 unspecified atom stereocenters. The fourth-order valence-electron chi connectivity index (χ4n) is 2.57. The molecule has 0 aliphatic heterocycles. The molecule has 0 saturated carbocycles. The number of anilines is 1. The zero-order valence-corrected chi connectivity index (χ0v) is 11.1. The van der Waals surface area contributed by atoms with Gasteiger partial charge < -0.3 is 10.3 Å². The molecule has 3 aromatic rings. The predicted molar refractivity (Wildman–Crippen MR) is 78.8 cm³/mol. The Bertz CT molecular complexity index is 743. The highest BCUT2D eigenvalue weighted by molar-refractivity contribution is 6.06. The van der Waals surface area contributed by atoms with E-state index < -0.39 is 0 Å². The molecule has 0 saturated heterocycles. The SMILES string of the molecule is [CH2]CCn1c(CC)nc2c(N)nc3ccccc3c21. The molecule has 0 atom stereocenters. The van der Waals surface area contributed by atoms with Crippen molar-refractivity contribution in [2.45, 2.75) is 26.3 Å². The highest BCUT2D eigenvalue weighted by Crippen LogP contribution is 2.28. The minimum atomic E-state index is 0.506. The topological polar surface area (TPSA) is 56.7 Å². The van der Waals surface area contributed by atoms with E-state index in [1.807, 2.05) is 18.2 Å². The van der Waals surface area contributed by atoms with Crippen molar-refractivity contribution >= 4 is 27.8 Å². The number of hydrogen-bond acceptors (Lipinski definition) is 3. The molecule has 97 valence electrons. The number of fused-ring (bicyclic) bond motifs is 3. The van der Waals surface area contributed by atoms with Crippen molar-refractivity contribution in [3.63, 3.8) is 0 Å². The van der Waals surface area contributed by atoms with Gasteiger partial charge in [-0.2, -0.15) is 0 Å². The van der Waals surface area contributed by atoms with Gasteiger partial charge in [-0.3, -0.25) is 0 Å². The smallest absolute Gasteiger partial charge is 0.152 e. The molecule has 2 N–H and O–H groups in total. The van der Waals surface area contributed by atoms with E-state index in [4.69, 9.17) is 5.73 Å². The molecule has 1 radical (unpaired) electrons. The molecule has 0 spiro atoms. The Hall–Kier alpha value is -2.10. The second-order valence-corrected chi connectivity index (χ2v) is 4.60. The summed E-state index contributed by atoms with van der Waals surface area (Å²) in [7, 11) is 0. The normalized spacial score (nSPS) is 11.5. The lowest BCUT2D eigenvalue weighted by Crippen LogP contribution is -2.02. The quantitative estimate of drug-likeness (QED) is 0.780. The molecule has 0 fully saturated rings. The number of nitrogens with zero attached hydrogens (tertiary/aromatic N) is 3. The number of pyridine rings is 1. The van der Waals surface area contributed by atoms with Crippen LogP contribution in [0.25, 0.3) is 21.9 Å². The van der Waals surface area contributed by atoms with Gasteiger partial charge in [0.2, 0.25) is 0 Å². The van der Waals surface area contributed by atoms with Gasteiger partial charge in [0.05, 0.1) is 11.0 Å². The molecule has 0 amide bonds. The molecular weight excluding hydrogens is 236 g/mol. The van der Waals surface area contributed by atoms with Crippen LogP contribution in [0.4, 0.5) is 5.82 Å². The summed E-state index contributed by atoms with van der Waals surface area (Å²) in [4.78, 5) is 9.09. The van der Waals surface area contributed by atoms with Crippen molar-refractivity contribution in [1.29, 1.82) is 0 Å². The van der Waals surface area contributed by atoms with Gasteiger partial charge >= 0.3 is 0 Å². The maximum atomic E-state index is 6.05. The molecule has 3 rings (SSSR count). The zero-order valence-electron chi connectivity index (χ0n) is 11.1. The van der Waals surface area contributed by atoms with Crippen molar-refractivity contribution in [1.82, 2.24) is 14.5 Å². The molecule has 1 aromatic carbocycles. The monoisotopic (exact) mass is 253 g/mol. The largest absolute Gasteiger partial charge is 0.382 e. The van der Waals surface area contributed by atoms with Gasteiger partial charge in [0.1, 0.15) is 11.3 Å². The predicted octanol–water partition coefficient (Wildman–Crippen LogP) is 2.95. The first-order chi connectivity index (χ1) is 9.26. The van der Waals surface area contributed by atoms with E-state index in [1.54, 1.807) is 0 Å². The molecule has 0 aliphatic rings. The van der Waals surface area contributed by atoms with Gasteiger partial charge in [0.15, 0.2) is 5.82 Å². The fourth-order valence-corrected chi connectivity index (χ4v) is 2.57. The van der Waals surface area contributed by atoms with Gasteiger partial charge in [0, 0.05) is 18.4 Å². The van der Waals surface area contributed by atoms with Crippen LogP contribution in [0.1, 0.15) is 19.2 Å². The minimum absolute atomic E-state index is 0.506. The van der Waals surface area contributed by atoms with Crippen LogP contribution in [0.15, 0.2) is 24.3 Å². The highest BCUT2D eigenvalue weighted by atomic mass is 15.1. The molecule has 4 nitrogen and oxygen atoms in total. The van der Waals surface area contributed by atoms with Crippen LogP contribution >= 0.6 is 0 Å². The first kappa shape index (κ1) is 12.0. The Kier molecular flexibility index (Phi) is 2.85. The summed E-state index contributed by atoms with van der Waals surface area (Å²) in [5, 5.41) is 1.10. The second-order valence-electron chi connectivity index (χ2n) is 4.60. The van der Waals surface area contributed by atoms with Crippen LogP contribution in [-0.2, 0) is 13.0 Å². The number of aromatic nitrogens is 3. The summed E-state index contributed by atoms with van der Waals surface area (Å²) >= 11 is 0. The summed E-state index contributed by atoms with van der Waals surface area (Å²) in [5.74, 6) is 1.55. The van der Waals surface area contributed by atoms with Crippen LogP contribution < -0.4 is 5.73 Å². The standard InChI is InChI=1S/C15H17N4/c1-3-9-19-12(4-2)18-13-14(19)10-7-5-6-8-11(10)17-15(13)16/h5-8H,1,3-4,9H2,2H3,(H2,16,17). The average molecular weight is 253 g/mol. The number of aryl methyl sites for hydroxylation is 2. The molecule has 0 aliphatic carbocycles. The second kappa shape index (κ2) is 4.53. The van der Waals surface area contributed by atoms with Crippen molar-refractivity contribution in [2.75, 3.05) is 5.73 Å². The van der Waals surface area contributed by atoms with E-state index >= 15 is 0 Å². The Labute approximate surface area is 112 Å². The number of rotatable bonds is 3. The lowest BCUT2D eigenvalue weighted by molar-refractivity contribution is 0.685. The summed E-state index contributed by atoms with van der Waals surface area (Å²) in [5.41, 5.74) is 8.87. The van der Waals surface area contributed by atoms with Crippen LogP contribution in [0, 0.1) is 6.92 Å². The molecule has 2 heterocycles. The summed E-state index contributed by atoms with van der Waals surface area (Å²) in [6, 6.07) is 8.05. The van der Waals surface area contributed by atoms with E-state index in [0.717, 1.165) is 47.1 Å². The van der Waals surface area contributed by atoms with Gasteiger partial charge in [-0.1, -0.05) is 32.0 Å². The number of para-hydroxylation sites is 1. The Morgan fingerprint density at radius 2 is 2.05 bits per heavy atom. The summed E-state index contributed by atoms with van der Waals surface area (Å²) < 4.78 is 2.22. The number of hydrogen-bond donors (Lipinski definition) is 1. The third-order valence-electron chi connectivity index (χ3n) is 3.39. The number of nitrogens with two attached hydrogens (primary N) is 1. The average Bonchev–Trinajstić information content (AvgIpc) is 2.79. The van der Waals surface area contributed by atoms with E-state index in [1.165, 1.54) is 0 Å². The summed E-state index contributed by atoms with van der Waals surface area (Å²) in [6.07, 6.45) is 1.71. The number of imidazole rings is 1. The van der Waals surface area contributed by atoms with Gasteiger partial charge in [-0.05, 0) is 12.5 Å². The van der Waals surface area contributed by atoms with E-state index in [9.17, 15) is 0 Å². The van der Waals surface area contributed by atoms with Crippen LogP contribution in [-0.4, -0.2) is 14.5 Å². The third kappa shape index (κ3) is 1.75. The lowest BCUT2D eigenvalue weighted by Gasteiger charge is -2.08. The Balaban J connectivity index is 2.49. The fraction of sp³-hybridized carbons (Fsp3) is 0.267. The maximum Gasteiger partial charge on any atom is 0.152 e. The van der Waals surface area contributed by atoms with Gasteiger partial charge in [-0.25, -0.2) is 9.97 Å². The first-order valence-corrected chi connectivity index (χ1v) is 6.58. The highest BCUT2D eigenvalue weighted by Gasteiger charge is 2.15. The van der Waals surface area contributed by atoms with E-state index in [-0.39, 0.29) is 0 Å². The van der Waals surface area contributed by atoms with Crippen molar-refractivity contribution in [3.05, 3.63) is 37.0 Å². The van der Waals surface area contributed by atoms with Gasteiger partial charge in [0.25, 0.3) is 0 Å². The third-order valence-corrected chi connectivity index (χ3v) is 3.39. The first-order valence-electron chi connectivity index (χ1n) is 6.58. The lowest BCUT2D eigenvalue weighted by atomic mass is 10.2. The van der Waals surface area contributed by atoms with E-state index in [2.05, 4.69) is 34.4 Å². The Morgan fingerprint density at radius 3 is 2.79 bits per heavy atom. The minimum Gasteiger partial charge on any atom is -0.382 e. The van der Waals surface area contributed by atoms with Crippen molar-refractivity contribution in [3.8, 4) is 0 Å². The maximum absolute atomic E-state index is 6.05. The van der Waals surface area contributed by atoms with Crippen LogP contribution in [0.3, 0.4) is 0 Å². The van der Waals surface area contributed by atoms with Crippen molar-refractivity contribution in [2.24, 2.45) is 0 Å². The van der Waals surface area contributed by atoms with Crippen LogP contribution in [0.5, 0.6) is 0 Å². The zero-order chi connectivity index (χ0) is 13.4. The molecule has 2 aromatic heterocycles. The number of benzene rings is 1. The Morgan fingerprint density at radius 1 is 1.26 bits per heavy atom. The molecule has 19 heavy (non-hydrogen) atoms. The van der Waals surface area contributed by atoms with E-state index in [0.29, 0.717) is 5.82 Å².